The summed E-state index contributed by atoms with van der Waals surface area (Å²) in [5, 5.41) is 6.21. The lowest BCUT2D eigenvalue weighted by atomic mass is 10.1. The molecule has 1 fully saturated rings. The molecule has 0 saturated carbocycles. The van der Waals surface area contributed by atoms with Crippen LogP contribution in [0.3, 0.4) is 0 Å². The molecule has 1 aromatic rings. The summed E-state index contributed by atoms with van der Waals surface area (Å²) in [6.45, 7) is 7.69. The van der Waals surface area contributed by atoms with Gasteiger partial charge in [-0.15, -0.1) is 0 Å². The third-order valence-corrected chi connectivity index (χ3v) is 7.32. The molecule has 0 aliphatic carbocycles. The van der Waals surface area contributed by atoms with Crippen LogP contribution in [-0.4, -0.2) is 42.3 Å². The Morgan fingerprint density at radius 1 is 1.50 bits per heavy atom. The number of hydrogen-bond acceptors (Lipinski definition) is 6. The second kappa shape index (κ2) is 7.68. The molecule has 114 valence electrons. The van der Waals surface area contributed by atoms with E-state index in [1.54, 1.807) is 6.33 Å². The molecule has 0 bridgehead atoms. The number of nitrogens with two attached hydrogens (primary N) is 1. The summed E-state index contributed by atoms with van der Waals surface area (Å²) in [6.07, 6.45) is 3.56. The molecule has 4 atom stereocenters. The second-order valence-electron chi connectivity index (χ2n) is 5.29. The Morgan fingerprint density at radius 3 is 2.95 bits per heavy atom. The van der Waals surface area contributed by atoms with Crippen molar-refractivity contribution >= 4 is 23.5 Å². The predicted octanol–water partition coefficient (Wildman–Crippen LogP) is 1.69. The van der Waals surface area contributed by atoms with Gasteiger partial charge in [-0.2, -0.15) is 28.6 Å². The summed E-state index contributed by atoms with van der Waals surface area (Å²) in [5.74, 6) is 7.97. The lowest BCUT2D eigenvalue weighted by Gasteiger charge is -2.35. The molecular weight excluding hydrogens is 290 g/mol. The van der Waals surface area contributed by atoms with E-state index >= 15 is 0 Å². The quantitative estimate of drug-likeness (QED) is 0.615. The van der Waals surface area contributed by atoms with Crippen LogP contribution in [0.5, 0.6) is 0 Å². The average molecular weight is 316 g/mol. The highest BCUT2D eigenvalue weighted by Crippen LogP contribution is 2.37. The van der Waals surface area contributed by atoms with E-state index in [1.165, 1.54) is 0 Å². The summed E-state index contributed by atoms with van der Waals surface area (Å²) >= 11 is 4.09. The molecule has 3 N–H and O–H groups in total. The van der Waals surface area contributed by atoms with Crippen LogP contribution < -0.4 is 11.3 Å². The van der Waals surface area contributed by atoms with Gasteiger partial charge in [0.2, 0.25) is 0 Å². The van der Waals surface area contributed by atoms with Crippen LogP contribution in [0.4, 0.5) is 0 Å². The van der Waals surface area contributed by atoms with Crippen molar-refractivity contribution in [2.45, 2.75) is 61.9 Å². The molecule has 20 heavy (non-hydrogen) atoms. The first-order valence-corrected chi connectivity index (χ1v) is 9.24. The minimum Gasteiger partial charge on any atom is -0.271 e. The van der Waals surface area contributed by atoms with Gasteiger partial charge in [-0.05, 0) is 6.42 Å². The van der Waals surface area contributed by atoms with Crippen molar-refractivity contribution in [3.8, 4) is 0 Å². The molecule has 0 amide bonds. The van der Waals surface area contributed by atoms with E-state index in [-0.39, 0.29) is 6.04 Å². The minimum atomic E-state index is 0.252. The van der Waals surface area contributed by atoms with Gasteiger partial charge in [0.25, 0.3) is 0 Å². The zero-order valence-electron chi connectivity index (χ0n) is 12.5. The van der Waals surface area contributed by atoms with Gasteiger partial charge < -0.3 is 0 Å². The third-order valence-electron chi connectivity index (χ3n) is 3.77. The van der Waals surface area contributed by atoms with Crippen LogP contribution >= 0.6 is 23.5 Å². The fourth-order valence-corrected chi connectivity index (χ4v) is 5.47. The molecule has 1 saturated heterocycles. The molecule has 1 aliphatic heterocycles. The fraction of sp³-hybridized carbons (Fsp3) is 0.846. The number of hydrogen-bond donors (Lipinski definition) is 2. The van der Waals surface area contributed by atoms with E-state index < -0.39 is 0 Å². The molecule has 7 heteroatoms. The Kier molecular flexibility index (Phi) is 6.20. The summed E-state index contributed by atoms with van der Waals surface area (Å²) < 4.78 is 2.00. The highest BCUT2D eigenvalue weighted by molar-refractivity contribution is 8.07. The predicted molar refractivity (Wildman–Crippen MR) is 87.9 cm³/mol. The van der Waals surface area contributed by atoms with Gasteiger partial charge >= 0.3 is 0 Å². The molecule has 0 radical (unpaired) electrons. The van der Waals surface area contributed by atoms with Crippen LogP contribution in [0.25, 0.3) is 0 Å². The highest BCUT2D eigenvalue weighted by atomic mass is 32.2. The van der Waals surface area contributed by atoms with Gasteiger partial charge in [-0.1, -0.05) is 20.8 Å². The standard InChI is InChI=1S/C13H25N5S2/c1-4-5-18-13(15-8-16-18)6-11(17-14)12-7-19-9(2)10(3)20-12/h8-12,17H,4-7,14H2,1-3H3. The number of nitrogens with zero attached hydrogens (tertiary/aromatic N) is 3. The number of hydrazine groups is 1. The van der Waals surface area contributed by atoms with Crippen molar-refractivity contribution in [2.24, 2.45) is 5.84 Å². The van der Waals surface area contributed by atoms with Crippen molar-refractivity contribution < 1.29 is 0 Å². The summed E-state index contributed by atoms with van der Waals surface area (Å²) in [6, 6.07) is 0.252. The molecule has 0 aromatic carbocycles. The second-order valence-corrected chi connectivity index (χ2v) is 8.33. The lowest BCUT2D eigenvalue weighted by Crippen LogP contribution is -2.48. The first-order valence-electron chi connectivity index (χ1n) is 7.25. The molecule has 2 heterocycles. The van der Waals surface area contributed by atoms with E-state index in [9.17, 15) is 0 Å². The normalized spacial score (nSPS) is 28.5. The average Bonchev–Trinajstić information content (AvgIpc) is 2.87. The van der Waals surface area contributed by atoms with Gasteiger partial charge in [-0.25, -0.2) is 4.98 Å². The maximum atomic E-state index is 5.79. The van der Waals surface area contributed by atoms with Gasteiger partial charge in [0.15, 0.2) is 0 Å². The summed E-state index contributed by atoms with van der Waals surface area (Å²) in [5.41, 5.74) is 3.00. The molecule has 2 rings (SSSR count). The molecule has 1 aromatic heterocycles. The Labute approximate surface area is 129 Å². The number of aromatic nitrogens is 3. The van der Waals surface area contributed by atoms with Crippen LogP contribution in [0.1, 0.15) is 33.0 Å². The Balaban J connectivity index is 1.99. The van der Waals surface area contributed by atoms with E-state index in [0.29, 0.717) is 10.5 Å². The molecule has 1 aliphatic rings. The Bertz CT molecular complexity index is 411. The van der Waals surface area contributed by atoms with Gasteiger partial charge in [0, 0.05) is 40.5 Å². The largest absolute Gasteiger partial charge is 0.271 e. The van der Waals surface area contributed by atoms with E-state index in [4.69, 9.17) is 5.84 Å². The number of aryl methyl sites for hydroxylation is 1. The number of nitrogens with one attached hydrogen (secondary N) is 1. The van der Waals surface area contributed by atoms with Crippen molar-refractivity contribution in [1.82, 2.24) is 20.2 Å². The van der Waals surface area contributed by atoms with Crippen LogP contribution in [0.2, 0.25) is 0 Å². The van der Waals surface area contributed by atoms with Gasteiger partial charge in [-0.3, -0.25) is 16.0 Å². The smallest absolute Gasteiger partial charge is 0.138 e. The SMILES string of the molecule is CCCn1ncnc1CC(NN)C1CSC(C)C(C)S1. The molecular formula is C13H25N5S2. The first kappa shape index (κ1) is 16.1. The first-order chi connectivity index (χ1) is 9.65. The number of thioether (sulfide) groups is 2. The van der Waals surface area contributed by atoms with E-state index in [0.717, 1.165) is 36.2 Å². The Hall–Kier alpha value is -0.240. The van der Waals surface area contributed by atoms with Crippen molar-refractivity contribution in [2.75, 3.05) is 5.75 Å². The Morgan fingerprint density at radius 2 is 2.30 bits per heavy atom. The maximum absolute atomic E-state index is 5.79. The minimum absolute atomic E-state index is 0.252. The zero-order chi connectivity index (χ0) is 14.5. The maximum Gasteiger partial charge on any atom is 0.138 e. The van der Waals surface area contributed by atoms with Crippen molar-refractivity contribution in [1.29, 1.82) is 0 Å². The zero-order valence-corrected chi connectivity index (χ0v) is 14.1. The van der Waals surface area contributed by atoms with Gasteiger partial charge in [0.05, 0.1) is 0 Å². The van der Waals surface area contributed by atoms with Crippen LogP contribution in [0.15, 0.2) is 6.33 Å². The molecule has 0 spiro atoms. The van der Waals surface area contributed by atoms with Crippen molar-refractivity contribution in [3.05, 3.63) is 12.2 Å². The van der Waals surface area contributed by atoms with Crippen LogP contribution in [-0.2, 0) is 13.0 Å². The van der Waals surface area contributed by atoms with Crippen LogP contribution in [0, 0.1) is 0 Å². The highest BCUT2D eigenvalue weighted by Gasteiger charge is 2.31. The third kappa shape index (κ3) is 3.90. The summed E-state index contributed by atoms with van der Waals surface area (Å²) in [4.78, 5) is 4.39. The number of rotatable bonds is 6. The topological polar surface area (TPSA) is 68.8 Å². The molecule has 4 unspecified atom stereocenters. The van der Waals surface area contributed by atoms with Crippen molar-refractivity contribution in [3.63, 3.8) is 0 Å². The molecule has 5 nitrogen and oxygen atoms in total. The fourth-order valence-electron chi connectivity index (χ4n) is 2.36. The monoisotopic (exact) mass is 315 g/mol. The van der Waals surface area contributed by atoms with Gasteiger partial charge in [0.1, 0.15) is 12.2 Å². The summed E-state index contributed by atoms with van der Waals surface area (Å²) in [7, 11) is 0. The van der Waals surface area contributed by atoms with E-state index in [1.807, 2.05) is 28.2 Å². The lowest BCUT2D eigenvalue weighted by molar-refractivity contribution is 0.482. The van der Waals surface area contributed by atoms with E-state index in [2.05, 4.69) is 36.3 Å².